The van der Waals surface area contributed by atoms with Crippen molar-refractivity contribution in [3.05, 3.63) is 48.3 Å². The number of aromatic nitrogens is 1. The third-order valence-electron chi connectivity index (χ3n) is 2.89. The number of carbonyl (C=O) groups excluding carboxylic acids is 1. The lowest BCUT2D eigenvalue weighted by Crippen LogP contribution is -2.24. The van der Waals surface area contributed by atoms with Gasteiger partial charge < -0.3 is 15.4 Å². The van der Waals surface area contributed by atoms with Crippen LogP contribution in [0.5, 0.6) is 5.75 Å². The Kier molecular flexibility index (Phi) is 5.15. The first-order valence-electron chi connectivity index (χ1n) is 6.88. The summed E-state index contributed by atoms with van der Waals surface area (Å²) in [7, 11) is 1.63. The molecule has 0 fully saturated rings. The van der Waals surface area contributed by atoms with Crippen molar-refractivity contribution < 1.29 is 9.53 Å². The van der Waals surface area contributed by atoms with Crippen molar-refractivity contribution >= 4 is 17.3 Å². The lowest BCUT2D eigenvalue weighted by atomic mass is 10.2. The lowest BCUT2D eigenvalue weighted by Gasteiger charge is -2.09. The Morgan fingerprint density at radius 1 is 1.24 bits per heavy atom. The highest BCUT2D eigenvalue weighted by Gasteiger charge is 2.07. The zero-order valence-electron chi connectivity index (χ0n) is 12.2. The molecule has 0 aliphatic heterocycles. The first-order valence-corrected chi connectivity index (χ1v) is 6.88. The van der Waals surface area contributed by atoms with Gasteiger partial charge in [0.15, 0.2) is 0 Å². The molecule has 5 nitrogen and oxygen atoms in total. The van der Waals surface area contributed by atoms with E-state index in [1.165, 1.54) is 0 Å². The van der Waals surface area contributed by atoms with Crippen LogP contribution in [0.2, 0.25) is 0 Å². The molecule has 1 aromatic carbocycles. The minimum Gasteiger partial charge on any atom is -0.497 e. The number of nitrogens with one attached hydrogen (secondary N) is 2. The van der Waals surface area contributed by atoms with Gasteiger partial charge in [-0.1, -0.05) is 13.0 Å². The van der Waals surface area contributed by atoms with E-state index in [4.69, 9.17) is 4.74 Å². The van der Waals surface area contributed by atoms with Crippen LogP contribution in [0.4, 0.5) is 11.4 Å². The number of pyridine rings is 1. The van der Waals surface area contributed by atoms with Crippen LogP contribution in [-0.2, 0) is 0 Å². The van der Waals surface area contributed by atoms with Crippen molar-refractivity contribution in [2.75, 3.05) is 19.0 Å². The van der Waals surface area contributed by atoms with Gasteiger partial charge in [-0.05, 0) is 30.7 Å². The molecule has 0 saturated heterocycles. The molecule has 0 aliphatic rings. The van der Waals surface area contributed by atoms with E-state index in [2.05, 4.69) is 15.6 Å². The maximum Gasteiger partial charge on any atom is 0.269 e. The molecule has 0 saturated carbocycles. The second-order valence-corrected chi connectivity index (χ2v) is 4.54. The molecule has 1 heterocycles. The van der Waals surface area contributed by atoms with Crippen LogP contribution >= 0.6 is 0 Å². The summed E-state index contributed by atoms with van der Waals surface area (Å²) < 4.78 is 5.18. The van der Waals surface area contributed by atoms with Crippen molar-refractivity contribution in [3.63, 3.8) is 0 Å². The summed E-state index contributed by atoms with van der Waals surface area (Å²) in [6.45, 7) is 2.66. The van der Waals surface area contributed by atoms with Gasteiger partial charge in [0.1, 0.15) is 11.4 Å². The van der Waals surface area contributed by atoms with Gasteiger partial charge in [-0.3, -0.25) is 9.78 Å². The number of ether oxygens (including phenoxy) is 1. The Hall–Kier alpha value is -2.56. The summed E-state index contributed by atoms with van der Waals surface area (Å²) in [6.07, 6.45) is 2.51. The van der Waals surface area contributed by atoms with E-state index in [0.717, 1.165) is 23.5 Å². The molecule has 2 rings (SSSR count). The van der Waals surface area contributed by atoms with E-state index in [0.29, 0.717) is 12.2 Å². The van der Waals surface area contributed by atoms with E-state index in [9.17, 15) is 4.79 Å². The fourth-order valence-corrected chi connectivity index (χ4v) is 1.83. The van der Waals surface area contributed by atoms with Crippen molar-refractivity contribution in [2.45, 2.75) is 13.3 Å². The Bertz CT molecular complexity index is 614. The summed E-state index contributed by atoms with van der Waals surface area (Å²) in [6, 6.07) is 11.1. The van der Waals surface area contributed by atoms with Crippen LogP contribution in [0.3, 0.4) is 0 Å². The Balaban J connectivity index is 2.11. The van der Waals surface area contributed by atoms with Crippen molar-refractivity contribution in [1.82, 2.24) is 10.3 Å². The standard InChI is InChI=1S/C16H19N3O2/c1-3-8-18-16(20)15-11-13(7-9-17-15)19-12-5-4-6-14(10-12)21-2/h4-7,9-11H,3,8H2,1-2H3,(H,17,19)(H,18,20). The number of nitrogens with zero attached hydrogens (tertiary/aromatic N) is 1. The molecule has 110 valence electrons. The number of rotatable bonds is 6. The number of amides is 1. The SMILES string of the molecule is CCCNC(=O)c1cc(Nc2cccc(OC)c2)ccn1. The number of hydrogen-bond acceptors (Lipinski definition) is 4. The smallest absolute Gasteiger partial charge is 0.269 e. The van der Waals surface area contributed by atoms with Crippen LogP contribution in [0, 0.1) is 0 Å². The van der Waals surface area contributed by atoms with Crippen LogP contribution in [0.15, 0.2) is 42.6 Å². The number of methoxy groups -OCH3 is 1. The second-order valence-electron chi connectivity index (χ2n) is 4.54. The Labute approximate surface area is 124 Å². The normalized spacial score (nSPS) is 10.0. The quantitative estimate of drug-likeness (QED) is 0.856. The number of carbonyl (C=O) groups is 1. The van der Waals surface area contributed by atoms with E-state index in [1.807, 2.05) is 37.3 Å². The van der Waals surface area contributed by atoms with Gasteiger partial charge in [-0.25, -0.2) is 0 Å². The van der Waals surface area contributed by atoms with Crippen molar-refractivity contribution in [2.24, 2.45) is 0 Å². The first kappa shape index (κ1) is 14.8. The molecule has 0 spiro atoms. The Morgan fingerprint density at radius 3 is 2.81 bits per heavy atom. The predicted octanol–water partition coefficient (Wildman–Crippen LogP) is 2.97. The summed E-state index contributed by atoms with van der Waals surface area (Å²) in [5.74, 6) is 0.612. The number of hydrogen-bond donors (Lipinski definition) is 2. The van der Waals surface area contributed by atoms with Gasteiger partial charge in [-0.2, -0.15) is 0 Å². The third kappa shape index (κ3) is 4.21. The van der Waals surface area contributed by atoms with E-state index in [1.54, 1.807) is 19.4 Å². The molecule has 0 bridgehead atoms. The summed E-state index contributed by atoms with van der Waals surface area (Å²) >= 11 is 0. The van der Waals surface area contributed by atoms with Crippen LogP contribution in [0.1, 0.15) is 23.8 Å². The number of benzene rings is 1. The van der Waals surface area contributed by atoms with Gasteiger partial charge in [-0.15, -0.1) is 0 Å². The summed E-state index contributed by atoms with van der Waals surface area (Å²) in [4.78, 5) is 16.0. The van der Waals surface area contributed by atoms with Crippen molar-refractivity contribution in [3.8, 4) is 5.75 Å². The van der Waals surface area contributed by atoms with E-state index < -0.39 is 0 Å². The topological polar surface area (TPSA) is 63.2 Å². The van der Waals surface area contributed by atoms with Gasteiger partial charge in [0.05, 0.1) is 7.11 Å². The third-order valence-corrected chi connectivity index (χ3v) is 2.89. The second kappa shape index (κ2) is 7.28. The molecule has 0 atom stereocenters. The number of anilines is 2. The summed E-state index contributed by atoms with van der Waals surface area (Å²) in [5.41, 5.74) is 2.09. The minimum absolute atomic E-state index is 0.161. The highest BCUT2D eigenvalue weighted by Crippen LogP contribution is 2.21. The molecule has 5 heteroatoms. The van der Waals surface area contributed by atoms with Crippen molar-refractivity contribution in [1.29, 1.82) is 0 Å². The van der Waals surface area contributed by atoms with Gasteiger partial charge >= 0.3 is 0 Å². The van der Waals surface area contributed by atoms with E-state index >= 15 is 0 Å². The zero-order chi connectivity index (χ0) is 15.1. The molecule has 0 unspecified atom stereocenters. The average molecular weight is 285 g/mol. The molecule has 0 aliphatic carbocycles. The summed E-state index contributed by atoms with van der Waals surface area (Å²) in [5, 5.41) is 6.04. The van der Waals surface area contributed by atoms with Gasteiger partial charge in [0, 0.05) is 30.2 Å². The zero-order valence-corrected chi connectivity index (χ0v) is 12.2. The first-order chi connectivity index (χ1) is 10.2. The fraction of sp³-hybridized carbons (Fsp3) is 0.250. The molecule has 1 amide bonds. The molecule has 21 heavy (non-hydrogen) atoms. The molecule has 0 radical (unpaired) electrons. The lowest BCUT2D eigenvalue weighted by molar-refractivity contribution is 0.0949. The largest absolute Gasteiger partial charge is 0.497 e. The van der Waals surface area contributed by atoms with Crippen LogP contribution in [0.25, 0.3) is 0 Å². The van der Waals surface area contributed by atoms with Gasteiger partial charge in [0.25, 0.3) is 5.91 Å². The predicted molar refractivity (Wildman–Crippen MR) is 83.1 cm³/mol. The van der Waals surface area contributed by atoms with Crippen LogP contribution in [-0.4, -0.2) is 24.5 Å². The molecular formula is C16H19N3O2. The molecular weight excluding hydrogens is 266 g/mol. The highest BCUT2D eigenvalue weighted by molar-refractivity contribution is 5.93. The fourth-order valence-electron chi connectivity index (χ4n) is 1.83. The van der Waals surface area contributed by atoms with Crippen LogP contribution < -0.4 is 15.4 Å². The van der Waals surface area contributed by atoms with E-state index in [-0.39, 0.29) is 5.91 Å². The molecule has 2 N–H and O–H groups in total. The highest BCUT2D eigenvalue weighted by atomic mass is 16.5. The maximum absolute atomic E-state index is 11.9. The molecule has 2 aromatic rings. The monoisotopic (exact) mass is 285 g/mol. The Morgan fingerprint density at radius 2 is 2.05 bits per heavy atom. The average Bonchev–Trinajstić information content (AvgIpc) is 2.53. The minimum atomic E-state index is -0.161. The maximum atomic E-state index is 11.9. The van der Waals surface area contributed by atoms with Gasteiger partial charge in [0.2, 0.25) is 0 Å². The molecule has 1 aromatic heterocycles.